The summed E-state index contributed by atoms with van der Waals surface area (Å²) in [6.07, 6.45) is 3.11. The first kappa shape index (κ1) is 17.2. The van der Waals surface area contributed by atoms with E-state index in [-0.39, 0.29) is 5.69 Å². The molecule has 0 saturated heterocycles. The molecule has 1 amide bonds. The van der Waals surface area contributed by atoms with Gasteiger partial charge in [-0.1, -0.05) is 6.07 Å². The average molecular weight is 351 g/mol. The van der Waals surface area contributed by atoms with E-state index in [1.807, 2.05) is 12.1 Å². The summed E-state index contributed by atoms with van der Waals surface area (Å²) in [5.41, 5.74) is 4.74. The molecular weight excluding hydrogens is 334 g/mol. The topological polar surface area (TPSA) is 101 Å². The van der Waals surface area contributed by atoms with Crippen LogP contribution in [0.1, 0.15) is 16.2 Å². The molecule has 2 heterocycles. The zero-order valence-electron chi connectivity index (χ0n) is 14.3. The standard InChI is InChI=1S/C18H17N5O3/c1-25-16-7-6-12(9-17(16)26-2)14-10-15(22-21-14)18(24)23-20-11-13-5-3-4-8-19-13/h3-11H,1-2H3,(H,21,22)(H,23,24)/b20-11-. The lowest BCUT2D eigenvalue weighted by Gasteiger charge is -2.08. The second kappa shape index (κ2) is 7.93. The Kier molecular flexibility index (Phi) is 5.23. The smallest absolute Gasteiger partial charge is 0.289 e. The number of nitrogens with zero attached hydrogens (tertiary/aromatic N) is 3. The third-order valence-corrected chi connectivity index (χ3v) is 3.55. The number of carbonyl (C=O) groups excluding carboxylic acids is 1. The van der Waals surface area contributed by atoms with Gasteiger partial charge >= 0.3 is 0 Å². The first-order valence-electron chi connectivity index (χ1n) is 7.73. The molecule has 0 aliphatic rings. The number of pyridine rings is 1. The van der Waals surface area contributed by atoms with E-state index in [0.717, 1.165) is 5.56 Å². The van der Waals surface area contributed by atoms with E-state index in [2.05, 4.69) is 25.7 Å². The van der Waals surface area contributed by atoms with Crippen LogP contribution in [0.15, 0.2) is 53.8 Å². The number of rotatable bonds is 6. The van der Waals surface area contributed by atoms with Gasteiger partial charge in [0.2, 0.25) is 0 Å². The second-order valence-corrected chi connectivity index (χ2v) is 5.19. The van der Waals surface area contributed by atoms with Crippen molar-refractivity contribution in [3.8, 4) is 22.8 Å². The van der Waals surface area contributed by atoms with Gasteiger partial charge in [0, 0.05) is 11.8 Å². The molecule has 0 atom stereocenters. The van der Waals surface area contributed by atoms with Crippen LogP contribution in [-0.2, 0) is 0 Å². The maximum absolute atomic E-state index is 12.1. The van der Waals surface area contributed by atoms with Crippen LogP contribution in [0.25, 0.3) is 11.3 Å². The molecule has 132 valence electrons. The predicted molar refractivity (Wildman–Crippen MR) is 96.4 cm³/mol. The van der Waals surface area contributed by atoms with E-state index < -0.39 is 5.91 Å². The summed E-state index contributed by atoms with van der Waals surface area (Å²) in [7, 11) is 3.13. The molecule has 8 heteroatoms. The van der Waals surface area contributed by atoms with Gasteiger partial charge in [0.25, 0.3) is 5.91 Å². The minimum Gasteiger partial charge on any atom is -0.493 e. The van der Waals surface area contributed by atoms with Gasteiger partial charge < -0.3 is 9.47 Å². The highest BCUT2D eigenvalue weighted by molar-refractivity contribution is 5.94. The molecule has 3 aromatic rings. The van der Waals surface area contributed by atoms with E-state index in [4.69, 9.17) is 9.47 Å². The number of hydrogen-bond acceptors (Lipinski definition) is 6. The zero-order chi connectivity index (χ0) is 18.4. The fourth-order valence-corrected chi connectivity index (χ4v) is 2.25. The van der Waals surface area contributed by atoms with Gasteiger partial charge in [0.15, 0.2) is 11.5 Å². The summed E-state index contributed by atoms with van der Waals surface area (Å²) < 4.78 is 10.5. The number of nitrogens with one attached hydrogen (secondary N) is 2. The quantitative estimate of drug-likeness (QED) is 0.524. The number of aromatic amines is 1. The third kappa shape index (κ3) is 3.86. The summed E-state index contributed by atoms with van der Waals surface area (Å²) >= 11 is 0. The Balaban J connectivity index is 1.71. The molecule has 8 nitrogen and oxygen atoms in total. The van der Waals surface area contributed by atoms with Crippen LogP contribution in [0.2, 0.25) is 0 Å². The highest BCUT2D eigenvalue weighted by Gasteiger charge is 2.12. The van der Waals surface area contributed by atoms with Crippen molar-refractivity contribution in [1.29, 1.82) is 0 Å². The number of ether oxygens (including phenoxy) is 2. The Labute approximate surface area is 149 Å². The lowest BCUT2D eigenvalue weighted by molar-refractivity contribution is 0.0950. The molecule has 2 aromatic heterocycles. The molecule has 0 radical (unpaired) electrons. The van der Waals surface area contributed by atoms with Crippen LogP contribution in [0.3, 0.4) is 0 Å². The molecule has 0 unspecified atom stereocenters. The molecule has 0 aliphatic heterocycles. The molecule has 3 rings (SSSR count). The van der Waals surface area contributed by atoms with E-state index in [1.165, 1.54) is 6.21 Å². The van der Waals surface area contributed by atoms with Crippen molar-refractivity contribution >= 4 is 12.1 Å². The molecule has 0 saturated carbocycles. The van der Waals surface area contributed by atoms with Gasteiger partial charge in [-0.3, -0.25) is 14.9 Å². The minimum atomic E-state index is -0.406. The summed E-state index contributed by atoms with van der Waals surface area (Å²) in [4.78, 5) is 16.2. The third-order valence-electron chi connectivity index (χ3n) is 3.55. The van der Waals surface area contributed by atoms with Crippen molar-refractivity contribution < 1.29 is 14.3 Å². The SMILES string of the molecule is COc1ccc(-c2cc(C(=O)N/N=C\c3ccccn3)[nH]n2)cc1OC. The van der Waals surface area contributed by atoms with Gasteiger partial charge in [-0.15, -0.1) is 0 Å². The Morgan fingerprint density at radius 1 is 1.15 bits per heavy atom. The maximum Gasteiger partial charge on any atom is 0.289 e. The summed E-state index contributed by atoms with van der Waals surface area (Å²) in [6.45, 7) is 0. The predicted octanol–water partition coefficient (Wildman–Crippen LogP) is 2.25. The number of hydrogen-bond donors (Lipinski definition) is 2. The van der Waals surface area contributed by atoms with Gasteiger partial charge in [-0.25, -0.2) is 5.43 Å². The van der Waals surface area contributed by atoms with Crippen molar-refractivity contribution in [2.24, 2.45) is 5.10 Å². The largest absolute Gasteiger partial charge is 0.493 e. The maximum atomic E-state index is 12.1. The molecule has 0 bridgehead atoms. The second-order valence-electron chi connectivity index (χ2n) is 5.19. The number of benzene rings is 1. The normalized spacial score (nSPS) is 10.7. The van der Waals surface area contributed by atoms with Crippen LogP contribution in [0, 0.1) is 0 Å². The Morgan fingerprint density at radius 2 is 2.00 bits per heavy atom. The summed E-state index contributed by atoms with van der Waals surface area (Å²) in [5, 5.41) is 10.7. The van der Waals surface area contributed by atoms with Crippen LogP contribution in [0.4, 0.5) is 0 Å². The number of H-pyrrole nitrogens is 1. The van der Waals surface area contributed by atoms with E-state index in [1.54, 1.807) is 50.7 Å². The molecule has 0 fully saturated rings. The molecule has 0 spiro atoms. The first-order valence-corrected chi connectivity index (χ1v) is 7.73. The monoisotopic (exact) mass is 351 g/mol. The van der Waals surface area contributed by atoms with Crippen LogP contribution >= 0.6 is 0 Å². The Bertz CT molecular complexity index is 922. The molecule has 0 aliphatic carbocycles. The van der Waals surface area contributed by atoms with Crippen molar-refractivity contribution in [3.63, 3.8) is 0 Å². The molecule has 26 heavy (non-hydrogen) atoms. The highest BCUT2D eigenvalue weighted by Crippen LogP contribution is 2.31. The Hall–Kier alpha value is -3.68. The molecule has 1 aromatic carbocycles. The van der Waals surface area contributed by atoms with E-state index in [0.29, 0.717) is 22.9 Å². The van der Waals surface area contributed by atoms with Crippen molar-refractivity contribution in [3.05, 3.63) is 60.0 Å². The molecule has 2 N–H and O–H groups in total. The molecular formula is C18H17N5O3. The number of aromatic nitrogens is 3. The fraction of sp³-hybridized carbons (Fsp3) is 0.111. The highest BCUT2D eigenvalue weighted by atomic mass is 16.5. The fourth-order valence-electron chi connectivity index (χ4n) is 2.25. The number of amides is 1. The lowest BCUT2D eigenvalue weighted by atomic mass is 10.1. The number of carbonyl (C=O) groups is 1. The number of methoxy groups -OCH3 is 2. The van der Waals surface area contributed by atoms with Crippen molar-refractivity contribution in [2.75, 3.05) is 14.2 Å². The van der Waals surface area contributed by atoms with E-state index >= 15 is 0 Å². The van der Waals surface area contributed by atoms with Crippen molar-refractivity contribution in [1.82, 2.24) is 20.6 Å². The van der Waals surface area contributed by atoms with Gasteiger partial charge in [-0.2, -0.15) is 10.2 Å². The lowest BCUT2D eigenvalue weighted by Crippen LogP contribution is -2.18. The van der Waals surface area contributed by atoms with Crippen molar-refractivity contribution in [2.45, 2.75) is 0 Å². The number of hydrazone groups is 1. The summed E-state index contributed by atoms with van der Waals surface area (Å²) in [5.74, 6) is 0.795. The van der Waals surface area contributed by atoms with Gasteiger partial charge in [0.1, 0.15) is 5.69 Å². The van der Waals surface area contributed by atoms with E-state index in [9.17, 15) is 4.79 Å². The van der Waals surface area contributed by atoms with Crippen LogP contribution < -0.4 is 14.9 Å². The first-order chi connectivity index (χ1) is 12.7. The minimum absolute atomic E-state index is 0.285. The summed E-state index contributed by atoms with van der Waals surface area (Å²) in [6, 6.07) is 12.4. The van der Waals surface area contributed by atoms with Gasteiger partial charge in [-0.05, 0) is 36.4 Å². The van der Waals surface area contributed by atoms with Crippen LogP contribution in [-0.4, -0.2) is 41.5 Å². The van der Waals surface area contributed by atoms with Gasteiger partial charge in [0.05, 0.1) is 31.8 Å². The average Bonchev–Trinajstić information content (AvgIpc) is 3.18. The zero-order valence-corrected chi connectivity index (χ0v) is 14.3. The van der Waals surface area contributed by atoms with Crippen LogP contribution in [0.5, 0.6) is 11.5 Å². The Morgan fingerprint density at radius 3 is 2.73 bits per heavy atom.